The molecule has 0 radical (unpaired) electrons. The maximum Gasteiger partial charge on any atom is 0.317 e. The van der Waals surface area contributed by atoms with Gasteiger partial charge in [-0.2, -0.15) is 10.2 Å². The lowest BCUT2D eigenvalue weighted by molar-refractivity contribution is 0.102. The third-order valence-corrected chi connectivity index (χ3v) is 9.37. The van der Waals surface area contributed by atoms with Crippen molar-refractivity contribution in [2.24, 2.45) is 17.6 Å². The zero-order chi connectivity index (χ0) is 27.6. The van der Waals surface area contributed by atoms with Crippen LogP contribution in [0.25, 0.3) is 0 Å². The van der Waals surface area contributed by atoms with Crippen molar-refractivity contribution in [1.82, 2.24) is 14.9 Å². The molecule has 38 heavy (non-hydrogen) atoms. The summed E-state index contributed by atoms with van der Waals surface area (Å²) in [6.45, 7) is 8.83. The molecule has 1 saturated heterocycles. The molecule has 2 aromatic heterocycles. The molecule has 0 aromatic carbocycles. The molecule has 2 fully saturated rings. The first-order valence-electron chi connectivity index (χ1n) is 13.9. The van der Waals surface area contributed by atoms with Gasteiger partial charge in [0.05, 0.1) is 5.56 Å². The molecule has 8 nitrogen and oxygen atoms in total. The van der Waals surface area contributed by atoms with Crippen molar-refractivity contribution >= 4 is 22.1 Å². The number of ether oxygens (including phenoxy) is 1. The van der Waals surface area contributed by atoms with Gasteiger partial charge in [-0.05, 0) is 62.6 Å². The Kier molecular flexibility index (Phi) is 8.74. The average Bonchev–Trinajstić information content (AvgIpc) is 3.25. The number of piperidine rings is 1. The lowest BCUT2D eigenvalue weighted by Gasteiger charge is -2.25. The second-order valence-corrected chi connectivity index (χ2v) is 11.5. The van der Waals surface area contributed by atoms with Crippen molar-refractivity contribution in [3.8, 4) is 12.1 Å². The van der Waals surface area contributed by atoms with Crippen LogP contribution < -0.4 is 16.2 Å². The molecule has 0 bridgehead atoms. The van der Waals surface area contributed by atoms with Crippen molar-refractivity contribution in [3.05, 3.63) is 45.2 Å². The molecule has 2 unspecified atom stereocenters. The quantitative estimate of drug-likeness (QED) is 0.354. The van der Waals surface area contributed by atoms with Gasteiger partial charge in [-0.15, -0.1) is 11.3 Å². The molecule has 5 rings (SSSR count). The summed E-state index contributed by atoms with van der Waals surface area (Å²) in [5, 5.41) is 10.2. The number of likely N-dealkylation sites (N-methyl/N-ethyl adjacent to an activating group) is 1. The minimum absolute atomic E-state index is 0.188. The fraction of sp³-hybridized carbons (Fsp3) is 0.586. The Bertz CT molecular complexity index is 1250. The van der Waals surface area contributed by atoms with Crippen LogP contribution in [0.2, 0.25) is 0 Å². The molecule has 4 N–H and O–H groups in total. The Morgan fingerprint density at radius 1 is 1.37 bits per heavy atom. The van der Waals surface area contributed by atoms with E-state index in [4.69, 9.17) is 16.2 Å². The molecular formula is C29H40N6O2S. The number of hydrogen-bond acceptors (Lipinski definition) is 9. The second kappa shape index (κ2) is 11.8. The van der Waals surface area contributed by atoms with Gasteiger partial charge < -0.3 is 16.2 Å². The van der Waals surface area contributed by atoms with Crippen molar-refractivity contribution < 1.29 is 9.53 Å². The molecule has 9 heteroatoms. The summed E-state index contributed by atoms with van der Waals surface area (Å²) in [6.07, 6.45) is 6.61. The van der Waals surface area contributed by atoms with Gasteiger partial charge in [-0.1, -0.05) is 34.1 Å². The number of carbonyl (C=O) groups excluding carboxylic acids is 1. The number of allylic oxidation sites excluding steroid dienone is 2. The highest BCUT2D eigenvalue weighted by Gasteiger charge is 2.56. The number of fused-ring (bicyclic) bond motifs is 2. The van der Waals surface area contributed by atoms with Crippen LogP contribution >= 0.6 is 11.3 Å². The van der Waals surface area contributed by atoms with E-state index in [1.165, 1.54) is 11.3 Å². The predicted octanol–water partition coefficient (Wildman–Crippen LogP) is 5.05. The summed E-state index contributed by atoms with van der Waals surface area (Å²) in [4.78, 5) is 25.9. The molecule has 3 aliphatic rings. The number of Topliss-reactive ketones (excluding diaryl/α,β-unsaturated/α-hetero) is 1. The predicted molar refractivity (Wildman–Crippen MR) is 151 cm³/mol. The highest BCUT2D eigenvalue weighted by molar-refractivity contribution is 7.16. The largest absolute Gasteiger partial charge is 0.462 e. The molecule has 3 heterocycles. The molecule has 0 spiro atoms. The molecule has 5 atom stereocenters. The first kappa shape index (κ1) is 28.1. The number of hydrogen-bond donors (Lipinski definition) is 2. The van der Waals surface area contributed by atoms with Crippen LogP contribution in [0.5, 0.6) is 6.01 Å². The summed E-state index contributed by atoms with van der Waals surface area (Å²) >= 11 is 1.46. The molecule has 0 amide bonds. The lowest BCUT2D eigenvalue weighted by atomic mass is 9.80. The van der Waals surface area contributed by atoms with Crippen molar-refractivity contribution in [2.45, 2.75) is 84.2 Å². The van der Waals surface area contributed by atoms with E-state index in [0.29, 0.717) is 46.9 Å². The fourth-order valence-electron chi connectivity index (χ4n) is 6.27. The van der Waals surface area contributed by atoms with Crippen LogP contribution in [-0.4, -0.2) is 46.4 Å². The Morgan fingerprint density at radius 3 is 2.79 bits per heavy atom. The summed E-state index contributed by atoms with van der Waals surface area (Å²) < 4.78 is 5.94. The Balaban J connectivity index is 0.00000164. The average molecular weight is 537 g/mol. The Hall–Kier alpha value is -2.96. The zero-order valence-electron chi connectivity index (χ0n) is 23.2. The number of nitriles is 1. The number of aromatic nitrogens is 2. The normalized spacial score (nSPS) is 26.3. The molecular weight excluding hydrogens is 496 g/mol. The van der Waals surface area contributed by atoms with Crippen molar-refractivity contribution in [3.63, 3.8) is 0 Å². The maximum absolute atomic E-state index is 13.7. The summed E-state index contributed by atoms with van der Waals surface area (Å²) in [7, 11) is 2.16. The molecule has 1 aliphatic heterocycles. The fourth-order valence-corrected chi connectivity index (χ4v) is 7.40. The highest BCUT2D eigenvalue weighted by Crippen LogP contribution is 2.52. The van der Waals surface area contributed by atoms with E-state index in [9.17, 15) is 10.1 Å². The van der Waals surface area contributed by atoms with E-state index < -0.39 is 0 Å². The van der Waals surface area contributed by atoms with Crippen LogP contribution in [0.15, 0.2) is 23.5 Å². The number of nitrogens with zero attached hydrogens (tertiary/aromatic N) is 4. The first-order chi connectivity index (χ1) is 18.3. The number of nitrogen functional groups attached to an aromatic ring is 1. The van der Waals surface area contributed by atoms with Crippen LogP contribution in [0.3, 0.4) is 0 Å². The number of aryl methyl sites for hydroxylation is 1. The monoisotopic (exact) mass is 536 g/mol. The van der Waals surface area contributed by atoms with E-state index in [1.54, 1.807) is 12.3 Å². The van der Waals surface area contributed by atoms with Crippen LogP contribution in [0, 0.1) is 23.2 Å². The number of likely N-dealkylation sites (tertiary alicyclic amines) is 1. The maximum atomic E-state index is 13.7. The van der Waals surface area contributed by atoms with E-state index in [0.717, 1.165) is 54.4 Å². The van der Waals surface area contributed by atoms with Gasteiger partial charge in [0.1, 0.15) is 23.4 Å². The van der Waals surface area contributed by atoms with Gasteiger partial charge in [0.2, 0.25) is 5.78 Å². The van der Waals surface area contributed by atoms with Crippen molar-refractivity contribution in [2.75, 3.05) is 19.4 Å². The number of ketones is 1. The number of rotatable bonds is 8. The molecule has 1 saturated carbocycles. The Labute approximate surface area is 230 Å². The zero-order valence-corrected chi connectivity index (χ0v) is 24.0. The Morgan fingerprint density at radius 2 is 2.13 bits per heavy atom. The van der Waals surface area contributed by atoms with E-state index in [2.05, 4.69) is 34.9 Å². The van der Waals surface area contributed by atoms with E-state index >= 15 is 0 Å². The van der Waals surface area contributed by atoms with Crippen LogP contribution in [0.4, 0.5) is 5.00 Å². The summed E-state index contributed by atoms with van der Waals surface area (Å²) in [6, 6.07) is 5.10. The molecule has 204 valence electrons. The second-order valence-electron chi connectivity index (χ2n) is 10.4. The highest BCUT2D eigenvalue weighted by atomic mass is 32.1. The topological polar surface area (TPSA) is 131 Å². The van der Waals surface area contributed by atoms with Gasteiger partial charge >= 0.3 is 6.01 Å². The van der Waals surface area contributed by atoms with E-state index in [1.807, 2.05) is 20.8 Å². The van der Waals surface area contributed by atoms with Crippen LogP contribution in [0.1, 0.15) is 92.2 Å². The number of nitrogens with two attached hydrogens (primary N) is 2. The van der Waals surface area contributed by atoms with Gasteiger partial charge in [0.25, 0.3) is 0 Å². The van der Waals surface area contributed by atoms with Gasteiger partial charge in [-0.3, -0.25) is 9.69 Å². The number of anilines is 1. The first-order valence-corrected chi connectivity index (χ1v) is 14.7. The van der Waals surface area contributed by atoms with Gasteiger partial charge in [-0.25, -0.2) is 4.98 Å². The van der Waals surface area contributed by atoms with Crippen LogP contribution in [-0.2, 0) is 6.42 Å². The third-order valence-electron chi connectivity index (χ3n) is 8.28. The minimum Gasteiger partial charge on any atom is -0.462 e. The summed E-state index contributed by atoms with van der Waals surface area (Å²) in [5.74, 6) is 1.14. The SMILES string of the molecule is CC.CCC/C(C(=O)c1ccnc(OC[C@@H]2CC3C([C@H]3C)N2C)n1)=C(/N)[C@H]1CCCc2sc(N)c(C#N)c21. The number of thiophene rings is 1. The molecule has 2 aromatic rings. The van der Waals surface area contributed by atoms with Gasteiger partial charge in [0.15, 0.2) is 0 Å². The number of carbonyl (C=O) groups is 1. The van der Waals surface area contributed by atoms with Gasteiger partial charge in [0, 0.05) is 40.3 Å². The lowest BCUT2D eigenvalue weighted by Crippen LogP contribution is -2.35. The molecule has 2 aliphatic carbocycles. The summed E-state index contributed by atoms with van der Waals surface area (Å²) in [5.41, 5.74) is 15.6. The minimum atomic E-state index is -0.205. The van der Waals surface area contributed by atoms with Crippen molar-refractivity contribution in [1.29, 1.82) is 5.26 Å². The standard InChI is InChI=1S/C27H34N6O2S.C2H6/c1-4-6-17(23(29)16-7-5-8-21-22(16)19(12-28)26(30)36-21)25(34)20-9-10-31-27(32-20)35-13-15-11-18-14(2)24(18)33(15)3;1-2/h9-10,14-16,18,24H,4-8,11,13,29-30H2,1-3H3;1-2H3/b23-17-;/t14-,15-,16-,18?,24?;/m0./s1. The van der Waals surface area contributed by atoms with E-state index in [-0.39, 0.29) is 23.4 Å². The third kappa shape index (κ3) is 5.16. The smallest absolute Gasteiger partial charge is 0.317 e.